The first kappa shape index (κ1) is 27.1. The van der Waals surface area contributed by atoms with E-state index in [0.717, 1.165) is 11.1 Å². The van der Waals surface area contributed by atoms with Crippen LogP contribution >= 0.6 is 23.2 Å². The van der Waals surface area contributed by atoms with Gasteiger partial charge in [-0.3, -0.25) is 4.79 Å². The third kappa shape index (κ3) is 5.98. The topological polar surface area (TPSA) is 66.8 Å². The zero-order valence-electron chi connectivity index (χ0n) is 20.5. The highest BCUT2D eigenvalue weighted by Gasteiger charge is 2.48. The van der Waals surface area contributed by atoms with E-state index in [2.05, 4.69) is 0 Å². The molecule has 1 aliphatic heterocycles. The summed E-state index contributed by atoms with van der Waals surface area (Å²) in [4.78, 5) is 28.0. The highest BCUT2D eigenvalue weighted by atomic mass is 35.5. The van der Waals surface area contributed by atoms with Crippen LogP contribution in [0.1, 0.15) is 54.2 Å². The van der Waals surface area contributed by atoms with E-state index in [1.54, 1.807) is 42.5 Å². The van der Waals surface area contributed by atoms with Gasteiger partial charge in [0.05, 0.1) is 6.04 Å². The van der Waals surface area contributed by atoms with Gasteiger partial charge in [-0.15, -0.1) is 0 Å². The molecule has 0 bridgehead atoms. The number of amides is 1. The molecule has 4 atom stereocenters. The summed E-state index contributed by atoms with van der Waals surface area (Å²) in [5, 5.41) is 11.3. The fourth-order valence-corrected chi connectivity index (χ4v) is 5.28. The molecule has 3 aromatic carbocycles. The number of carboxylic acid groups (broad SMARTS) is 1. The summed E-state index contributed by atoms with van der Waals surface area (Å²) in [7, 11) is 0. The Morgan fingerprint density at radius 2 is 1.70 bits per heavy atom. The van der Waals surface area contributed by atoms with Gasteiger partial charge in [0.25, 0.3) is 5.91 Å². The molecule has 3 aromatic rings. The number of carbonyl (C=O) groups is 2. The highest BCUT2D eigenvalue weighted by Crippen LogP contribution is 2.45. The highest BCUT2D eigenvalue weighted by molar-refractivity contribution is 6.30. The van der Waals surface area contributed by atoms with E-state index >= 15 is 0 Å². The number of rotatable bonds is 8. The van der Waals surface area contributed by atoms with Gasteiger partial charge >= 0.3 is 5.97 Å². The first-order chi connectivity index (χ1) is 17.7. The van der Waals surface area contributed by atoms with Gasteiger partial charge < -0.3 is 14.7 Å². The second kappa shape index (κ2) is 11.6. The monoisotopic (exact) mass is 543 g/mol. The summed E-state index contributed by atoms with van der Waals surface area (Å²) in [5.41, 5.74) is 3.07. The second-order valence-corrected chi connectivity index (χ2v) is 10.1. The number of ether oxygens (including phenoxy) is 1. The lowest BCUT2D eigenvalue weighted by molar-refractivity contribution is -0.184. The van der Waals surface area contributed by atoms with E-state index in [-0.39, 0.29) is 18.7 Å². The third-order valence-corrected chi connectivity index (χ3v) is 7.18. The molecule has 0 saturated carbocycles. The Kier molecular flexibility index (Phi) is 8.53. The summed E-state index contributed by atoms with van der Waals surface area (Å²) in [6.07, 6.45) is -0.624. The second-order valence-electron chi connectivity index (χ2n) is 9.26. The van der Waals surface area contributed by atoms with Gasteiger partial charge in [-0.25, -0.2) is 9.18 Å². The number of morpholine rings is 1. The molecule has 194 valence electrons. The number of hydrogen-bond acceptors (Lipinski definition) is 3. The van der Waals surface area contributed by atoms with Crippen LogP contribution in [0.15, 0.2) is 66.7 Å². The van der Waals surface area contributed by atoms with E-state index < -0.39 is 36.2 Å². The molecule has 1 amide bonds. The van der Waals surface area contributed by atoms with Crippen LogP contribution in [0.2, 0.25) is 10.0 Å². The molecule has 1 aliphatic rings. The van der Waals surface area contributed by atoms with E-state index in [0.29, 0.717) is 27.6 Å². The Morgan fingerprint density at radius 3 is 2.30 bits per heavy atom. The average Bonchev–Trinajstić information content (AvgIpc) is 2.86. The molecule has 1 fully saturated rings. The number of aryl methyl sites for hydroxylation is 1. The molecule has 0 aromatic heterocycles. The van der Waals surface area contributed by atoms with Crippen molar-refractivity contribution in [3.05, 3.63) is 105 Å². The zero-order chi connectivity index (χ0) is 26.7. The molecular weight excluding hydrogens is 516 g/mol. The first-order valence-corrected chi connectivity index (χ1v) is 12.9. The molecule has 1 saturated heterocycles. The lowest BCUT2D eigenvalue weighted by atomic mass is 9.87. The van der Waals surface area contributed by atoms with Crippen molar-refractivity contribution in [1.29, 1.82) is 0 Å². The first-order valence-electron chi connectivity index (χ1n) is 12.2. The van der Waals surface area contributed by atoms with Gasteiger partial charge in [0.1, 0.15) is 24.1 Å². The maximum absolute atomic E-state index is 14.0. The number of benzene rings is 3. The summed E-state index contributed by atoms with van der Waals surface area (Å²) < 4.78 is 20.0. The SMILES string of the molecule is CCCC(C(=O)O)N1C(=O)C(Cc2ccc(F)cc2)OC(c2ccc(Cl)cc2C)C1c1ccc(Cl)cc1. The standard InChI is InChI=1S/C29H28Cl2FNO4/c1-3-4-24(29(35)36)33-26(19-7-9-20(30)10-8-19)27(23-14-11-21(31)15-17(23)2)37-25(28(33)34)16-18-5-12-22(32)13-6-18/h5-15,24-27H,3-4,16H2,1-2H3,(H,35,36). The minimum absolute atomic E-state index is 0.171. The number of hydrogen-bond donors (Lipinski definition) is 1. The Labute approximate surface area is 225 Å². The van der Waals surface area contributed by atoms with Gasteiger partial charge in [0.2, 0.25) is 0 Å². The van der Waals surface area contributed by atoms with Gasteiger partial charge in [-0.1, -0.05) is 66.9 Å². The van der Waals surface area contributed by atoms with E-state index in [9.17, 15) is 19.1 Å². The minimum Gasteiger partial charge on any atom is -0.480 e. The van der Waals surface area contributed by atoms with E-state index in [4.69, 9.17) is 27.9 Å². The predicted molar refractivity (Wildman–Crippen MR) is 141 cm³/mol. The molecule has 0 spiro atoms. The lowest BCUT2D eigenvalue weighted by Crippen LogP contribution is -2.57. The van der Waals surface area contributed by atoms with Crippen molar-refractivity contribution in [2.45, 2.75) is 57.4 Å². The van der Waals surface area contributed by atoms with Crippen LogP contribution in [0.4, 0.5) is 4.39 Å². The largest absolute Gasteiger partial charge is 0.480 e. The average molecular weight is 544 g/mol. The van der Waals surface area contributed by atoms with Crippen LogP contribution in [-0.4, -0.2) is 34.0 Å². The zero-order valence-corrected chi connectivity index (χ0v) is 22.0. The van der Waals surface area contributed by atoms with Crippen molar-refractivity contribution in [2.24, 2.45) is 0 Å². The molecule has 0 radical (unpaired) electrons. The molecule has 4 rings (SSSR count). The van der Waals surface area contributed by atoms with Gasteiger partial charge in [-0.05, 0) is 72.0 Å². The van der Waals surface area contributed by atoms with Gasteiger partial charge in [0, 0.05) is 16.5 Å². The Bertz CT molecular complexity index is 1270. The van der Waals surface area contributed by atoms with Crippen molar-refractivity contribution < 1.29 is 23.8 Å². The summed E-state index contributed by atoms with van der Waals surface area (Å²) in [6.45, 7) is 3.79. The smallest absolute Gasteiger partial charge is 0.326 e. The Morgan fingerprint density at radius 1 is 1.05 bits per heavy atom. The maximum atomic E-state index is 14.0. The van der Waals surface area contributed by atoms with Crippen LogP contribution in [0.3, 0.4) is 0 Å². The summed E-state index contributed by atoms with van der Waals surface area (Å²) in [5.74, 6) is -1.89. The maximum Gasteiger partial charge on any atom is 0.326 e. The van der Waals surface area contributed by atoms with Crippen molar-refractivity contribution in [3.63, 3.8) is 0 Å². The lowest BCUT2D eigenvalue weighted by Gasteiger charge is -2.47. The van der Waals surface area contributed by atoms with Gasteiger partial charge in [0.15, 0.2) is 0 Å². The predicted octanol–water partition coefficient (Wildman–Crippen LogP) is 6.95. The molecule has 37 heavy (non-hydrogen) atoms. The number of nitrogens with zero attached hydrogens (tertiary/aromatic N) is 1. The fourth-order valence-electron chi connectivity index (χ4n) is 4.93. The van der Waals surface area contributed by atoms with Crippen LogP contribution in [0.5, 0.6) is 0 Å². The molecule has 1 N–H and O–H groups in total. The number of halogens is 3. The molecule has 5 nitrogen and oxygen atoms in total. The van der Waals surface area contributed by atoms with Crippen LogP contribution in [-0.2, 0) is 20.7 Å². The summed E-state index contributed by atoms with van der Waals surface area (Å²) >= 11 is 12.4. The fraction of sp³-hybridized carbons (Fsp3) is 0.310. The third-order valence-electron chi connectivity index (χ3n) is 6.69. The summed E-state index contributed by atoms with van der Waals surface area (Å²) in [6, 6.07) is 16.5. The van der Waals surface area contributed by atoms with Crippen molar-refractivity contribution in [2.75, 3.05) is 0 Å². The number of carbonyl (C=O) groups excluding carboxylic acids is 1. The van der Waals surface area contributed by atoms with Crippen molar-refractivity contribution in [1.82, 2.24) is 4.90 Å². The van der Waals surface area contributed by atoms with Gasteiger partial charge in [-0.2, -0.15) is 0 Å². The quantitative estimate of drug-likeness (QED) is 0.334. The van der Waals surface area contributed by atoms with E-state index in [1.165, 1.54) is 17.0 Å². The van der Waals surface area contributed by atoms with Crippen LogP contribution < -0.4 is 0 Å². The Balaban J connectivity index is 1.88. The molecule has 4 unspecified atom stereocenters. The minimum atomic E-state index is -1.08. The molecular formula is C29H28Cl2FNO4. The normalized spacial score (nSPS) is 20.6. The van der Waals surface area contributed by atoms with Crippen molar-refractivity contribution >= 4 is 35.1 Å². The number of aliphatic carboxylic acids is 1. The molecule has 1 heterocycles. The molecule has 0 aliphatic carbocycles. The molecule has 8 heteroatoms. The van der Waals surface area contributed by atoms with Crippen LogP contribution in [0, 0.1) is 12.7 Å². The van der Waals surface area contributed by atoms with E-state index in [1.807, 2.05) is 26.0 Å². The number of carboxylic acids is 1. The van der Waals surface area contributed by atoms with Crippen molar-refractivity contribution in [3.8, 4) is 0 Å². The van der Waals surface area contributed by atoms with Crippen LogP contribution in [0.25, 0.3) is 0 Å². The Hall–Kier alpha value is -2.93.